The number of nitrogens with one attached hydrogen (secondary N) is 3. The second kappa shape index (κ2) is 8.24. The van der Waals surface area contributed by atoms with E-state index in [-0.39, 0.29) is 11.6 Å². The molecule has 0 saturated carbocycles. The van der Waals surface area contributed by atoms with Gasteiger partial charge in [-0.3, -0.25) is 9.59 Å². The van der Waals surface area contributed by atoms with Gasteiger partial charge in [-0.25, -0.2) is 4.98 Å². The van der Waals surface area contributed by atoms with Gasteiger partial charge in [-0.2, -0.15) is 0 Å². The average Bonchev–Trinajstić information content (AvgIpc) is 3.15. The molecule has 0 aliphatic carbocycles. The number of rotatable bonds is 6. The quantitative estimate of drug-likeness (QED) is 0.462. The molecular formula is C23H22N4O3. The molecule has 152 valence electrons. The van der Waals surface area contributed by atoms with E-state index in [9.17, 15) is 9.59 Å². The number of pyridine rings is 1. The molecule has 1 unspecified atom stereocenters. The number of benzene rings is 2. The van der Waals surface area contributed by atoms with E-state index in [0.717, 1.165) is 33.1 Å². The first kappa shape index (κ1) is 19.4. The second-order valence-corrected chi connectivity index (χ2v) is 7.05. The van der Waals surface area contributed by atoms with Crippen LogP contribution in [0.3, 0.4) is 0 Å². The van der Waals surface area contributed by atoms with Crippen molar-refractivity contribution in [2.24, 2.45) is 0 Å². The number of nitrogens with zero attached hydrogens (tertiary/aromatic N) is 1. The molecule has 2 aromatic heterocycles. The third-order valence-electron chi connectivity index (χ3n) is 4.99. The molecule has 0 spiro atoms. The maximum atomic E-state index is 12.6. The van der Waals surface area contributed by atoms with Crippen molar-refractivity contribution in [2.75, 3.05) is 7.11 Å². The zero-order chi connectivity index (χ0) is 21.1. The molecule has 2 heterocycles. The molecule has 0 bridgehead atoms. The molecule has 2 aromatic carbocycles. The molecule has 7 heteroatoms. The summed E-state index contributed by atoms with van der Waals surface area (Å²) in [5.74, 6) is 0.0898. The fraction of sp³-hybridized carbons (Fsp3) is 0.174. The van der Waals surface area contributed by atoms with Crippen molar-refractivity contribution in [1.29, 1.82) is 0 Å². The van der Waals surface area contributed by atoms with Crippen LogP contribution in [-0.4, -0.2) is 34.9 Å². The molecule has 1 atom stereocenters. The summed E-state index contributed by atoms with van der Waals surface area (Å²) in [6, 6.07) is 16.3. The Labute approximate surface area is 173 Å². The number of H-pyrrole nitrogens is 1. The number of carbonyl (C=O) groups is 2. The van der Waals surface area contributed by atoms with Crippen LogP contribution in [0.1, 0.15) is 23.0 Å². The molecule has 2 amide bonds. The number of para-hydroxylation sites is 1. The van der Waals surface area contributed by atoms with Crippen LogP contribution < -0.4 is 15.4 Å². The first-order chi connectivity index (χ1) is 14.5. The van der Waals surface area contributed by atoms with Gasteiger partial charge in [0.2, 0.25) is 5.91 Å². The van der Waals surface area contributed by atoms with Crippen molar-refractivity contribution >= 4 is 33.6 Å². The van der Waals surface area contributed by atoms with Gasteiger partial charge in [0.15, 0.2) is 0 Å². The number of amides is 2. The summed E-state index contributed by atoms with van der Waals surface area (Å²) in [6.45, 7) is 2.01. The van der Waals surface area contributed by atoms with Crippen LogP contribution in [0.2, 0.25) is 0 Å². The number of methoxy groups -OCH3 is 1. The fourth-order valence-corrected chi connectivity index (χ4v) is 3.30. The molecule has 0 aliphatic heterocycles. The van der Waals surface area contributed by atoms with Crippen LogP contribution in [0.15, 0.2) is 60.8 Å². The zero-order valence-corrected chi connectivity index (χ0v) is 16.7. The van der Waals surface area contributed by atoms with E-state index < -0.39 is 11.9 Å². The Bertz CT molecular complexity index is 1210. The number of carbonyl (C=O) groups excluding carboxylic acids is 2. The smallest absolute Gasteiger partial charge is 0.270 e. The third kappa shape index (κ3) is 3.96. The number of fused-ring (bicyclic) bond motifs is 3. The first-order valence-corrected chi connectivity index (χ1v) is 9.63. The lowest BCUT2D eigenvalue weighted by Gasteiger charge is -2.14. The van der Waals surface area contributed by atoms with E-state index in [1.807, 2.05) is 48.5 Å². The Morgan fingerprint density at radius 3 is 2.60 bits per heavy atom. The molecule has 30 heavy (non-hydrogen) atoms. The molecular weight excluding hydrogens is 380 g/mol. The van der Waals surface area contributed by atoms with Gasteiger partial charge in [-0.15, -0.1) is 0 Å². The summed E-state index contributed by atoms with van der Waals surface area (Å²) in [6.07, 6.45) is 1.64. The Balaban J connectivity index is 1.40. The van der Waals surface area contributed by atoms with Crippen molar-refractivity contribution in [2.45, 2.75) is 19.5 Å². The van der Waals surface area contributed by atoms with E-state index in [1.54, 1.807) is 26.3 Å². The molecule has 4 rings (SSSR count). The predicted octanol–water partition coefficient (Wildman–Crippen LogP) is 3.16. The number of ether oxygens (including phenoxy) is 1. The maximum absolute atomic E-state index is 12.6. The fourth-order valence-electron chi connectivity index (χ4n) is 3.30. The summed E-state index contributed by atoms with van der Waals surface area (Å²) in [5, 5.41) is 7.48. The van der Waals surface area contributed by atoms with Crippen molar-refractivity contribution in [3.05, 3.63) is 72.1 Å². The zero-order valence-electron chi connectivity index (χ0n) is 16.7. The molecule has 4 aromatic rings. The average molecular weight is 402 g/mol. The van der Waals surface area contributed by atoms with Crippen molar-refractivity contribution in [1.82, 2.24) is 20.6 Å². The Morgan fingerprint density at radius 1 is 1.07 bits per heavy atom. The Morgan fingerprint density at radius 2 is 1.83 bits per heavy atom. The monoisotopic (exact) mass is 402 g/mol. The highest BCUT2D eigenvalue weighted by Gasteiger charge is 2.18. The molecule has 0 fully saturated rings. The summed E-state index contributed by atoms with van der Waals surface area (Å²) in [4.78, 5) is 32.5. The van der Waals surface area contributed by atoms with E-state index in [0.29, 0.717) is 6.54 Å². The minimum atomic E-state index is -0.698. The molecule has 0 aliphatic rings. The minimum Gasteiger partial charge on any atom is -0.497 e. The second-order valence-electron chi connectivity index (χ2n) is 7.05. The van der Waals surface area contributed by atoms with Gasteiger partial charge in [-0.05, 0) is 36.8 Å². The van der Waals surface area contributed by atoms with Gasteiger partial charge < -0.3 is 20.4 Å². The van der Waals surface area contributed by atoms with Gasteiger partial charge in [-0.1, -0.05) is 30.3 Å². The van der Waals surface area contributed by atoms with Crippen LogP contribution >= 0.6 is 0 Å². The lowest BCUT2D eigenvalue weighted by molar-refractivity contribution is -0.122. The standard InChI is InChI=1S/C23H22N4O3/c1-14(22(28)25-12-15-7-9-16(30-2)10-8-15)26-23(29)20-11-18-17-5-3-4-6-19(17)27-21(18)13-24-20/h3-11,13-14,27H,12H2,1-2H3,(H,25,28)(H,26,29). The molecule has 3 N–H and O–H groups in total. The summed E-state index contributed by atoms with van der Waals surface area (Å²) >= 11 is 0. The van der Waals surface area contributed by atoms with Crippen LogP contribution in [0.25, 0.3) is 21.8 Å². The molecule has 0 saturated heterocycles. The van der Waals surface area contributed by atoms with Crippen LogP contribution in [0, 0.1) is 0 Å². The van der Waals surface area contributed by atoms with E-state index >= 15 is 0 Å². The lowest BCUT2D eigenvalue weighted by atomic mass is 10.1. The highest BCUT2D eigenvalue weighted by Crippen LogP contribution is 2.25. The normalized spacial score (nSPS) is 11.9. The SMILES string of the molecule is COc1ccc(CNC(=O)C(C)NC(=O)c2cc3c(cn2)[nH]c2ccccc23)cc1. The number of aromatic amines is 1. The lowest BCUT2D eigenvalue weighted by Crippen LogP contribution is -2.44. The Kier molecular flexibility index (Phi) is 5.34. The summed E-state index contributed by atoms with van der Waals surface area (Å²) < 4.78 is 5.12. The topological polar surface area (TPSA) is 96.1 Å². The van der Waals surface area contributed by atoms with E-state index in [4.69, 9.17) is 4.74 Å². The predicted molar refractivity (Wildman–Crippen MR) is 115 cm³/mol. The van der Waals surface area contributed by atoms with Crippen LogP contribution in [-0.2, 0) is 11.3 Å². The van der Waals surface area contributed by atoms with Crippen LogP contribution in [0.4, 0.5) is 0 Å². The summed E-state index contributed by atoms with van der Waals surface area (Å²) in [7, 11) is 1.60. The van der Waals surface area contributed by atoms with Crippen molar-refractivity contribution in [3.8, 4) is 5.75 Å². The summed E-state index contributed by atoms with van der Waals surface area (Å²) in [5.41, 5.74) is 3.05. The largest absolute Gasteiger partial charge is 0.497 e. The van der Waals surface area contributed by atoms with Crippen LogP contribution in [0.5, 0.6) is 5.75 Å². The van der Waals surface area contributed by atoms with Gasteiger partial charge in [0.25, 0.3) is 5.91 Å². The van der Waals surface area contributed by atoms with E-state index in [1.165, 1.54) is 0 Å². The highest BCUT2D eigenvalue weighted by atomic mass is 16.5. The molecule has 0 radical (unpaired) electrons. The van der Waals surface area contributed by atoms with Crippen molar-refractivity contribution in [3.63, 3.8) is 0 Å². The maximum Gasteiger partial charge on any atom is 0.270 e. The Hall–Kier alpha value is -3.87. The van der Waals surface area contributed by atoms with Gasteiger partial charge in [0.1, 0.15) is 17.5 Å². The van der Waals surface area contributed by atoms with Crippen molar-refractivity contribution < 1.29 is 14.3 Å². The first-order valence-electron chi connectivity index (χ1n) is 9.63. The van der Waals surface area contributed by atoms with Gasteiger partial charge in [0.05, 0.1) is 18.8 Å². The highest BCUT2D eigenvalue weighted by molar-refractivity contribution is 6.09. The minimum absolute atomic E-state index is 0.266. The number of hydrogen-bond acceptors (Lipinski definition) is 4. The number of aromatic nitrogens is 2. The van der Waals surface area contributed by atoms with Gasteiger partial charge in [0, 0.05) is 22.8 Å². The third-order valence-corrected chi connectivity index (χ3v) is 4.99. The van der Waals surface area contributed by atoms with Gasteiger partial charge >= 0.3 is 0 Å². The molecule has 7 nitrogen and oxygen atoms in total. The van der Waals surface area contributed by atoms with E-state index in [2.05, 4.69) is 20.6 Å². The number of hydrogen-bond donors (Lipinski definition) is 3.